The molecule has 0 bridgehead atoms. The van der Waals surface area contributed by atoms with Crippen LogP contribution in [0.5, 0.6) is 11.5 Å². The van der Waals surface area contributed by atoms with Crippen LogP contribution in [0.3, 0.4) is 0 Å². The van der Waals surface area contributed by atoms with E-state index in [9.17, 15) is 14.7 Å². The Morgan fingerprint density at radius 1 is 1.03 bits per heavy atom. The summed E-state index contributed by atoms with van der Waals surface area (Å²) < 4.78 is 5.57. The molecule has 174 valence electrons. The molecule has 1 N–H and O–H groups in total. The van der Waals surface area contributed by atoms with Crippen molar-refractivity contribution in [2.45, 2.75) is 26.0 Å². The van der Waals surface area contributed by atoms with E-state index in [0.29, 0.717) is 39.9 Å². The van der Waals surface area contributed by atoms with E-state index in [1.54, 1.807) is 42.3 Å². The number of aromatic hydroxyl groups is 1. The highest BCUT2D eigenvalue weighted by molar-refractivity contribution is 6.32. The van der Waals surface area contributed by atoms with Gasteiger partial charge in [0.25, 0.3) is 5.91 Å². The molecule has 3 aromatic rings. The summed E-state index contributed by atoms with van der Waals surface area (Å²) in [5.74, 6) is -1.30. The van der Waals surface area contributed by atoms with Crippen LogP contribution >= 0.6 is 11.6 Å². The summed E-state index contributed by atoms with van der Waals surface area (Å²) in [6.45, 7) is 3.96. The quantitative estimate of drug-likeness (QED) is 0.530. The molecule has 0 spiro atoms. The Labute approximate surface area is 202 Å². The lowest BCUT2D eigenvalue weighted by Gasteiger charge is -2.29. The smallest absolute Gasteiger partial charge is 0.266 e. The second kappa shape index (κ2) is 8.66. The van der Waals surface area contributed by atoms with Gasteiger partial charge in [0, 0.05) is 5.02 Å². The Morgan fingerprint density at radius 3 is 2.53 bits per heavy atom. The highest BCUT2D eigenvalue weighted by Gasteiger charge is 2.60. The molecule has 8 heteroatoms. The number of benzene rings is 3. The average molecular weight is 479 g/mol. The van der Waals surface area contributed by atoms with Gasteiger partial charge in [-0.1, -0.05) is 41.9 Å². The summed E-state index contributed by atoms with van der Waals surface area (Å²) in [4.78, 5) is 34.6. The van der Waals surface area contributed by atoms with Crippen LogP contribution in [0.1, 0.15) is 24.1 Å². The maximum Gasteiger partial charge on any atom is 0.266 e. The molecule has 2 aliphatic heterocycles. The molecule has 3 unspecified atom stereocenters. The van der Waals surface area contributed by atoms with Gasteiger partial charge in [0.1, 0.15) is 5.92 Å². The molecular weight excluding hydrogens is 456 g/mol. The van der Waals surface area contributed by atoms with E-state index < -0.39 is 24.0 Å². The fraction of sp³-hybridized carbons (Fsp3) is 0.231. The molecule has 0 radical (unpaired) electrons. The van der Waals surface area contributed by atoms with Gasteiger partial charge in [-0.3, -0.25) is 14.4 Å². The lowest BCUT2D eigenvalue weighted by atomic mass is 9.90. The first-order valence-corrected chi connectivity index (χ1v) is 11.4. The van der Waals surface area contributed by atoms with Gasteiger partial charge >= 0.3 is 0 Å². The van der Waals surface area contributed by atoms with Gasteiger partial charge < -0.3 is 9.84 Å². The summed E-state index contributed by atoms with van der Waals surface area (Å²) in [6, 6.07) is 18.7. The molecule has 0 saturated carbocycles. The van der Waals surface area contributed by atoms with Gasteiger partial charge in [0.05, 0.1) is 24.0 Å². The molecular formula is C26H23ClN2O5. The molecule has 2 heterocycles. The first-order valence-electron chi connectivity index (χ1n) is 11.0. The summed E-state index contributed by atoms with van der Waals surface area (Å²) in [5, 5.41) is 12.3. The maximum atomic E-state index is 13.8. The molecule has 2 fully saturated rings. The van der Waals surface area contributed by atoms with Crippen molar-refractivity contribution >= 4 is 34.8 Å². The summed E-state index contributed by atoms with van der Waals surface area (Å²) in [7, 11) is 0. The zero-order valence-corrected chi connectivity index (χ0v) is 19.4. The van der Waals surface area contributed by atoms with E-state index in [0.717, 1.165) is 0 Å². The third-order valence-electron chi connectivity index (χ3n) is 6.23. The lowest BCUT2D eigenvalue weighted by Crippen LogP contribution is -2.37. The normalized spacial score (nSPS) is 21.8. The second-order valence-corrected chi connectivity index (χ2v) is 8.62. The number of hydroxylamine groups is 1. The number of phenolic OH excluding ortho intramolecular Hbond substituents is 1. The highest BCUT2D eigenvalue weighted by atomic mass is 35.5. The number of halogens is 1. The van der Waals surface area contributed by atoms with Crippen molar-refractivity contribution in [3.63, 3.8) is 0 Å². The van der Waals surface area contributed by atoms with Crippen molar-refractivity contribution in [1.29, 1.82) is 0 Å². The van der Waals surface area contributed by atoms with Crippen molar-refractivity contribution in [3.8, 4) is 11.5 Å². The van der Waals surface area contributed by atoms with Crippen LogP contribution in [0.4, 0.5) is 11.4 Å². The van der Waals surface area contributed by atoms with Crippen LogP contribution in [0, 0.1) is 12.8 Å². The molecule has 34 heavy (non-hydrogen) atoms. The largest absolute Gasteiger partial charge is 0.504 e. The minimum atomic E-state index is -1.000. The number of anilines is 2. The summed E-state index contributed by atoms with van der Waals surface area (Å²) in [5.41, 5.74) is 2.49. The van der Waals surface area contributed by atoms with E-state index in [4.69, 9.17) is 21.2 Å². The van der Waals surface area contributed by atoms with Gasteiger partial charge in [-0.2, -0.15) is 0 Å². The number of rotatable bonds is 5. The molecule has 0 aromatic heterocycles. The molecule has 2 amide bonds. The predicted molar refractivity (Wildman–Crippen MR) is 128 cm³/mol. The molecule has 3 atom stereocenters. The fourth-order valence-corrected chi connectivity index (χ4v) is 4.78. The van der Waals surface area contributed by atoms with Gasteiger partial charge in [-0.25, -0.2) is 9.96 Å². The number of amides is 2. The van der Waals surface area contributed by atoms with Crippen LogP contribution in [0.25, 0.3) is 0 Å². The van der Waals surface area contributed by atoms with Gasteiger partial charge in [-0.05, 0) is 61.4 Å². The van der Waals surface area contributed by atoms with Crippen LogP contribution in [-0.4, -0.2) is 29.6 Å². The first kappa shape index (κ1) is 22.3. The predicted octanol–water partition coefficient (Wildman–Crippen LogP) is 4.80. The Hall–Kier alpha value is -3.55. The van der Waals surface area contributed by atoms with E-state index in [-0.39, 0.29) is 11.7 Å². The Morgan fingerprint density at radius 2 is 1.79 bits per heavy atom. The number of hydrogen-bond donors (Lipinski definition) is 1. The van der Waals surface area contributed by atoms with E-state index in [1.165, 1.54) is 11.0 Å². The number of carbonyl (C=O) groups excluding carboxylic acids is 2. The number of nitrogens with zero attached hydrogens (tertiary/aromatic N) is 2. The summed E-state index contributed by atoms with van der Waals surface area (Å²) in [6.07, 6.45) is -1.000. The van der Waals surface area contributed by atoms with Gasteiger partial charge in [0.15, 0.2) is 17.6 Å². The van der Waals surface area contributed by atoms with Crippen LogP contribution in [0.15, 0.2) is 66.7 Å². The molecule has 2 saturated heterocycles. The van der Waals surface area contributed by atoms with Crippen molar-refractivity contribution in [2.24, 2.45) is 5.92 Å². The molecule has 5 rings (SSSR count). The number of phenols is 1. The van der Waals surface area contributed by atoms with Crippen molar-refractivity contribution < 1.29 is 24.3 Å². The van der Waals surface area contributed by atoms with E-state index >= 15 is 0 Å². The van der Waals surface area contributed by atoms with Crippen LogP contribution in [-0.2, 0) is 14.4 Å². The minimum absolute atomic E-state index is 0.00247. The number of carbonyl (C=O) groups is 2. The minimum Gasteiger partial charge on any atom is -0.504 e. The molecule has 7 nitrogen and oxygen atoms in total. The number of para-hydroxylation sites is 1. The van der Waals surface area contributed by atoms with Crippen LogP contribution < -0.4 is 14.7 Å². The van der Waals surface area contributed by atoms with E-state index in [1.807, 2.05) is 37.3 Å². The Kier molecular flexibility index (Phi) is 5.67. The van der Waals surface area contributed by atoms with Crippen LogP contribution in [0.2, 0.25) is 5.02 Å². The Bertz CT molecular complexity index is 1270. The second-order valence-electron chi connectivity index (χ2n) is 8.21. The number of fused-ring (bicyclic) bond motifs is 1. The monoisotopic (exact) mass is 478 g/mol. The molecule has 2 aliphatic rings. The maximum absolute atomic E-state index is 13.8. The van der Waals surface area contributed by atoms with Gasteiger partial charge in [0.2, 0.25) is 5.91 Å². The van der Waals surface area contributed by atoms with Gasteiger partial charge in [-0.15, -0.1) is 0 Å². The third-order valence-corrected chi connectivity index (χ3v) is 6.64. The highest BCUT2D eigenvalue weighted by Crippen LogP contribution is 2.49. The van der Waals surface area contributed by atoms with Crippen molar-refractivity contribution in [2.75, 3.05) is 16.6 Å². The Balaban J connectivity index is 1.61. The van der Waals surface area contributed by atoms with Crippen molar-refractivity contribution in [1.82, 2.24) is 0 Å². The van der Waals surface area contributed by atoms with Crippen molar-refractivity contribution in [3.05, 3.63) is 82.9 Å². The SMILES string of the molecule is CCOc1cc(C2C3C(=O)N(c4cccc(Cl)c4C)C(=O)C3ON2c2ccccc2)ccc1O. The zero-order valence-electron chi connectivity index (χ0n) is 18.6. The van der Waals surface area contributed by atoms with E-state index in [2.05, 4.69) is 0 Å². The molecule has 0 aliphatic carbocycles. The fourth-order valence-electron chi connectivity index (χ4n) is 4.61. The first-order chi connectivity index (χ1) is 16.4. The average Bonchev–Trinajstić information content (AvgIpc) is 3.34. The number of ether oxygens (including phenoxy) is 1. The number of imide groups is 1. The molecule has 3 aromatic carbocycles. The standard InChI is InChI=1S/C26H23ClN2O5/c1-3-33-21-14-16(12-13-20(21)30)23-22-24(34-29(23)17-8-5-4-6-9-17)26(32)28(25(22)31)19-11-7-10-18(27)15(19)2/h4-14,22-24,30H,3H2,1-2H3. The number of hydrogen-bond acceptors (Lipinski definition) is 6. The summed E-state index contributed by atoms with van der Waals surface area (Å²) >= 11 is 6.27. The lowest BCUT2D eigenvalue weighted by molar-refractivity contribution is -0.126. The third kappa shape index (κ3) is 3.48. The zero-order chi connectivity index (χ0) is 24.0. The topological polar surface area (TPSA) is 79.3 Å².